The summed E-state index contributed by atoms with van der Waals surface area (Å²) in [6, 6.07) is 3.42. The Bertz CT molecular complexity index is 447. The molecule has 0 spiro atoms. The molecule has 0 saturated carbocycles. The predicted octanol–water partition coefficient (Wildman–Crippen LogP) is 1.43. The fraction of sp³-hybridized carbons (Fsp3) is 0.600. The molecule has 1 fully saturated rings. The van der Waals surface area contributed by atoms with E-state index < -0.39 is 0 Å². The van der Waals surface area contributed by atoms with Crippen LogP contribution in [0.3, 0.4) is 0 Å². The van der Waals surface area contributed by atoms with E-state index in [4.69, 9.17) is 14.2 Å². The molecule has 1 aromatic heterocycles. The van der Waals surface area contributed by atoms with Crippen molar-refractivity contribution >= 4 is 6.03 Å². The number of nitrogens with zero attached hydrogens (tertiary/aromatic N) is 1. The minimum Gasteiger partial charge on any atom is -0.478 e. The summed E-state index contributed by atoms with van der Waals surface area (Å²) >= 11 is 0. The molecule has 1 aliphatic rings. The van der Waals surface area contributed by atoms with Crippen LogP contribution in [0.4, 0.5) is 4.79 Å². The molecular weight excluding hydrogens is 286 g/mol. The molecule has 2 rings (SSSR count). The number of rotatable bonds is 7. The fourth-order valence-corrected chi connectivity index (χ4v) is 1.88. The summed E-state index contributed by atoms with van der Waals surface area (Å²) in [5.41, 5.74) is 0.907. The van der Waals surface area contributed by atoms with Gasteiger partial charge in [-0.05, 0) is 18.4 Å². The number of hydrogen-bond donors (Lipinski definition) is 2. The molecule has 2 N–H and O–H groups in total. The average Bonchev–Trinajstić information content (AvgIpc) is 2.58. The molecule has 1 saturated heterocycles. The minimum atomic E-state index is -0.351. The van der Waals surface area contributed by atoms with Gasteiger partial charge in [0.1, 0.15) is 0 Å². The molecule has 0 unspecified atom stereocenters. The highest BCUT2D eigenvalue weighted by Crippen LogP contribution is 2.07. The second-order valence-electron chi connectivity index (χ2n) is 4.94. The van der Waals surface area contributed by atoms with Crippen LogP contribution in [0.1, 0.15) is 25.3 Å². The van der Waals surface area contributed by atoms with Crippen molar-refractivity contribution in [1.29, 1.82) is 0 Å². The second-order valence-corrected chi connectivity index (χ2v) is 4.94. The maximum atomic E-state index is 11.7. The van der Waals surface area contributed by atoms with E-state index in [1.54, 1.807) is 12.3 Å². The van der Waals surface area contributed by atoms with Crippen LogP contribution in [0.25, 0.3) is 0 Å². The van der Waals surface area contributed by atoms with Crippen molar-refractivity contribution in [2.24, 2.45) is 0 Å². The SMILES string of the molecule is CCCOc1ccc(CNC(=O)NCC2OCCCO2)cn1. The van der Waals surface area contributed by atoms with Gasteiger partial charge in [0.2, 0.25) is 5.88 Å². The lowest BCUT2D eigenvalue weighted by molar-refractivity contribution is -0.173. The van der Waals surface area contributed by atoms with E-state index in [9.17, 15) is 4.79 Å². The third-order valence-corrected chi connectivity index (χ3v) is 3.03. The third kappa shape index (κ3) is 5.87. The number of urea groups is 1. The van der Waals surface area contributed by atoms with Crippen LogP contribution in [0.5, 0.6) is 5.88 Å². The van der Waals surface area contributed by atoms with Gasteiger partial charge in [0.05, 0.1) is 26.4 Å². The maximum absolute atomic E-state index is 11.7. The van der Waals surface area contributed by atoms with Gasteiger partial charge in [0.15, 0.2) is 6.29 Å². The zero-order chi connectivity index (χ0) is 15.6. The normalized spacial score (nSPS) is 15.3. The van der Waals surface area contributed by atoms with Gasteiger partial charge in [0, 0.05) is 18.8 Å². The third-order valence-electron chi connectivity index (χ3n) is 3.03. The van der Waals surface area contributed by atoms with Gasteiger partial charge in [-0.3, -0.25) is 0 Å². The zero-order valence-electron chi connectivity index (χ0n) is 12.8. The molecule has 1 aliphatic heterocycles. The van der Waals surface area contributed by atoms with Gasteiger partial charge in [0.25, 0.3) is 0 Å². The van der Waals surface area contributed by atoms with Crippen LogP contribution in [-0.2, 0) is 16.0 Å². The predicted molar refractivity (Wildman–Crippen MR) is 80.6 cm³/mol. The van der Waals surface area contributed by atoms with E-state index in [2.05, 4.69) is 15.6 Å². The Hall–Kier alpha value is -1.86. The Morgan fingerprint density at radius 3 is 2.86 bits per heavy atom. The summed E-state index contributed by atoms with van der Waals surface area (Å²) in [7, 11) is 0. The molecule has 2 heterocycles. The summed E-state index contributed by atoms with van der Waals surface area (Å²) in [5, 5.41) is 5.48. The maximum Gasteiger partial charge on any atom is 0.315 e. The van der Waals surface area contributed by atoms with E-state index in [1.807, 2.05) is 13.0 Å². The first-order chi connectivity index (χ1) is 10.8. The number of carbonyl (C=O) groups excluding carboxylic acids is 1. The summed E-state index contributed by atoms with van der Waals surface area (Å²) in [5.74, 6) is 0.599. The lowest BCUT2D eigenvalue weighted by atomic mass is 10.3. The molecule has 0 bridgehead atoms. The van der Waals surface area contributed by atoms with Gasteiger partial charge in [-0.1, -0.05) is 13.0 Å². The summed E-state index contributed by atoms with van der Waals surface area (Å²) in [4.78, 5) is 15.9. The molecule has 1 aromatic rings. The summed E-state index contributed by atoms with van der Waals surface area (Å²) in [6.07, 6.45) is 3.18. The zero-order valence-corrected chi connectivity index (χ0v) is 12.8. The Balaban J connectivity index is 1.64. The van der Waals surface area contributed by atoms with Crippen molar-refractivity contribution in [3.8, 4) is 5.88 Å². The molecule has 122 valence electrons. The van der Waals surface area contributed by atoms with Crippen molar-refractivity contribution in [3.63, 3.8) is 0 Å². The van der Waals surface area contributed by atoms with Crippen LogP contribution in [0, 0.1) is 0 Å². The van der Waals surface area contributed by atoms with Crippen LogP contribution in [-0.4, -0.2) is 43.7 Å². The molecule has 7 heteroatoms. The van der Waals surface area contributed by atoms with Crippen molar-refractivity contribution in [2.75, 3.05) is 26.4 Å². The Morgan fingerprint density at radius 2 is 2.18 bits per heavy atom. The number of pyridine rings is 1. The monoisotopic (exact) mass is 309 g/mol. The summed E-state index contributed by atoms with van der Waals surface area (Å²) in [6.45, 7) is 4.78. The van der Waals surface area contributed by atoms with Gasteiger partial charge >= 0.3 is 6.03 Å². The van der Waals surface area contributed by atoms with Crippen molar-refractivity contribution in [3.05, 3.63) is 23.9 Å². The first kappa shape index (κ1) is 16.5. The number of ether oxygens (including phenoxy) is 3. The van der Waals surface area contributed by atoms with Gasteiger partial charge in [-0.2, -0.15) is 0 Å². The average molecular weight is 309 g/mol. The Kier molecular flexibility index (Phi) is 6.92. The van der Waals surface area contributed by atoms with E-state index in [-0.39, 0.29) is 12.3 Å². The highest BCUT2D eigenvalue weighted by Gasteiger charge is 2.14. The number of carbonyl (C=O) groups is 1. The van der Waals surface area contributed by atoms with Crippen LogP contribution in [0.15, 0.2) is 18.3 Å². The number of nitrogens with one attached hydrogen (secondary N) is 2. The van der Waals surface area contributed by atoms with Gasteiger partial charge in [-0.15, -0.1) is 0 Å². The molecule has 2 amide bonds. The fourth-order valence-electron chi connectivity index (χ4n) is 1.88. The van der Waals surface area contributed by atoms with Crippen LogP contribution < -0.4 is 15.4 Å². The molecule has 0 atom stereocenters. The standard InChI is InChI=1S/C15H23N3O4/c1-2-6-20-13-5-4-12(9-16-13)10-17-15(19)18-11-14-21-7-3-8-22-14/h4-5,9,14H,2-3,6-8,10-11H2,1H3,(H2,17,18,19). The molecule has 0 aliphatic carbocycles. The van der Waals surface area contributed by atoms with Crippen LogP contribution >= 0.6 is 0 Å². The van der Waals surface area contributed by atoms with E-state index in [0.29, 0.717) is 38.8 Å². The Labute approximate surface area is 130 Å². The minimum absolute atomic E-state index is 0.260. The lowest BCUT2D eigenvalue weighted by Gasteiger charge is -2.23. The first-order valence-corrected chi connectivity index (χ1v) is 7.60. The van der Waals surface area contributed by atoms with Gasteiger partial charge < -0.3 is 24.8 Å². The number of amides is 2. The quantitative estimate of drug-likeness (QED) is 0.796. The highest BCUT2D eigenvalue weighted by molar-refractivity contribution is 5.73. The van der Waals surface area contributed by atoms with Crippen LogP contribution in [0.2, 0.25) is 0 Å². The molecule has 0 radical (unpaired) electrons. The first-order valence-electron chi connectivity index (χ1n) is 7.60. The van der Waals surface area contributed by atoms with E-state index in [0.717, 1.165) is 18.4 Å². The van der Waals surface area contributed by atoms with Gasteiger partial charge in [-0.25, -0.2) is 9.78 Å². The van der Waals surface area contributed by atoms with Crippen molar-refractivity contribution < 1.29 is 19.0 Å². The highest BCUT2D eigenvalue weighted by atomic mass is 16.7. The van der Waals surface area contributed by atoms with Crippen molar-refractivity contribution in [2.45, 2.75) is 32.6 Å². The van der Waals surface area contributed by atoms with Crippen molar-refractivity contribution in [1.82, 2.24) is 15.6 Å². The molecule has 22 heavy (non-hydrogen) atoms. The number of hydrogen-bond acceptors (Lipinski definition) is 5. The largest absolute Gasteiger partial charge is 0.478 e. The summed E-state index contributed by atoms with van der Waals surface area (Å²) < 4.78 is 16.1. The molecule has 7 nitrogen and oxygen atoms in total. The topological polar surface area (TPSA) is 81.7 Å². The Morgan fingerprint density at radius 1 is 1.36 bits per heavy atom. The number of aromatic nitrogens is 1. The molecule has 0 aromatic carbocycles. The second kappa shape index (κ2) is 9.22. The molecular formula is C15H23N3O4. The lowest BCUT2D eigenvalue weighted by Crippen LogP contribution is -2.42. The van der Waals surface area contributed by atoms with E-state index in [1.165, 1.54) is 0 Å². The van der Waals surface area contributed by atoms with E-state index >= 15 is 0 Å². The smallest absolute Gasteiger partial charge is 0.315 e.